The highest BCUT2D eigenvalue weighted by Gasteiger charge is 2.45. The monoisotopic (exact) mass is 160 g/mol. The molecule has 1 aliphatic heterocycles. The van der Waals surface area contributed by atoms with Crippen LogP contribution in [0.4, 0.5) is 0 Å². The van der Waals surface area contributed by atoms with Gasteiger partial charge in [-0.25, -0.2) is 0 Å². The number of cyclic esters (lactones) is 1. The van der Waals surface area contributed by atoms with Gasteiger partial charge in [0.1, 0.15) is 6.10 Å². The van der Waals surface area contributed by atoms with E-state index in [0.717, 1.165) is 0 Å². The Morgan fingerprint density at radius 3 is 2.91 bits per heavy atom. The summed E-state index contributed by atoms with van der Waals surface area (Å²) in [6.45, 7) is 3.76. The Morgan fingerprint density at radius 1 is 1.91 bits per heavy atom. The molecule has 1 saturated heterocycles. The fourth-order valence-corrected chi connectivity index (χ4v) is 1.09. The van der Waals surface area contributed by atoms with Crippen molar-refractivity contribution in [2.45, 2.75) is 32.2 Å². The Labute approximate surface area is 65.1 Å². The Bertz CT molecular complexity index is 168. The summed E-state index contributed by atoms with van der Waals surface area (Å²) in [7, 11) is 0. The molecule has 0 aromatic carbocycles. The SMILES string of the molecule is CCOC1(C)OC(=O)CC1O. The minimum atomic E-state index is -1.12. The fourth-order valence-electron chi connectivity index (χ4n) is 1.09. The number of aliphatic hydroxyl groups excluding tert-OH is 1. The molecule has 0 aromatic heterocycles. The molecule has 4 heteroatoms. The van der Waals surface area contributed by atoms with E-state index in [2.05, 4.69) is 0 Å². The van der Waals surface area contributed by atoms with Crippen LogP contribution in [0, 0.1) is 0 Å². The Morgan fingerprint density at radius 2 is 2.55 bits per heavy atom. The van der Waals surface area contributed by atoms with Gasteiger partial charge in [0.25, 0.3) is 0 Å². The van der Waals surface area contributed by atoms with Crippen molar-refractivity contribution in [2.24, 2.45) is 0 Å². The molecule has 1 heterocycles. The Hall–Kier alpha value is -0.610. The summed E-state index contributed by atoms with van der Waals surface area (Å²) in [5.74, 6) is -1.53. The van der Waals surface area contributed by atoms with E-state index in [-0.39, 0.29) is 6.42 Å². The first-order chi connectivity index (χ1) is 5.08. The van der Waals surface area contributed by atoms with E-state index in [9.17, 15) is 9.90 Å². The average Bonchev–Trinajstić information content (AvgIpc) is 2.08. The predicted molar refractivity (Wildman–Crippen MR) is 36.7 cm³/mol. The molecule has 1 rings (SSSR count). The maximum Gasteiger partial charge on any atom is 0.311 e. The molecule has 0 bridgehead atoms. The molecule has 64 valence electrons. The maximum atomic E-state index is 10.7. The standard InChI is InChI=1S/C7H12O4/c1-3-10-7(2)5(8)4-6(9)11-7/h5,8H,3-4H2,1-2H3. The molecular formula is C7H12O4. The summed E-state index contributed by atoms with van der Waals surface area (Å²) < 4.78 is 9.87. The summed E-state index contributed by atoms with van der Waals surface area (Å²) in [6.07, 6.45) is -0.814. The molecule has 4 nitrogen and oxygen atoms in total. The maximum absolute atomic E-state index is 10.7. The first-order valence-corrected chi connectivity index (χ1v) is 3.62. The minimum absolute atomic E-state index is 0.0243. The van der Waals surface area contributed by atoms with Crippen molar-refractivity contribution in [1.29, 1.82) is 0 Å². The molecule has 1 aliphatic rings. The van der Waals surface area contributed by atoms with Gasteiger partial charge in [-0.3, -0.25) is 4.79 Å². The molecule has 0 amide bonds. The molecule has 0 aliphatic carbocycles. The smallest absolute Gasteiger partial charge is 0.311 e. The zero-order valence-corrected chi connectivity index (χ0v) is 6.66. The van der Waals surface area contributed by atoms with Gasteiger partial charge in [0.15, 0.2) is 0 Å². The van der Waals surface area contributed by atoms with E-state index in [1.54, 1.807) is 13.8 Å². The third kappa shape index (κ3) is 1.52. The molecule has 0 radical (unpaired) electrons. The highest BCUT2D eigenvalue weighted by Crippen LogP contribution is 2.27. The van der Waals surface area contributed by atoms with Crippen LogP contribution < -0.4 is 0 Å². The van der Waals surface area contributed by atoms with Crippen molar-refractivity contribution in [3.05, 3.63) is 0 Å². The summed E-state index contributed by atoms with van der Waals surface area (Å²) in [6, 6.07) is 0. The first kappa shape index (κ1) is 8.49. The van der Waals surface area contributed by atoms with Crippen molar-refractivity contribution in [3.8, 4) is 0 Å². The van der Waals surface area contributed by atoms with Crippen molar-refractivity contribution in [3.63, 3.8) is 0 Å². The summed E-state index contributed by atoms with van der Waals surface area (Å²) in [5, 5.41) is 9.28. The lowest BCUT2D eigenvalue weighted by atomic mass is 10.1. The van der Waals surface area contributed by atoms with E-state index < -0.39 is 17.9 Å². The van der Waals surface area contributed by atoms with Crippen LogP contribution in [0.15, 0.2) is 0 Å². The molecule has 1 fully saturated rings. The number of carbonyl (C=O) groups is 1. The van der Waals surface area contributed by atoms with Gasteiger partial charge in [-0.15, -0.1) is 0 Å². The third-order valence-electron chi connectivity index (χ3n) is 1.71. The number of esters is 1. The molecule has 11 heavy (non-hydrogen) atoms. The topological polar surface area (TPSA) is 55.8 Å². The highest BCUT2D eigenvalue weighted by atomic mass is 16.7. The molecule has 0 saturated carbocycles. The van der Waals surface area contributed by atoms with Crippen LogP contribution in [0.2, 0.25) is 0 Å². The molecule has 2 atom stereocenters. The largest absolute Gasteiger partial charge is 0.430 e. The van der Waals surface area contributed by atoms with Crippen LogP contribution in [0.25, 0.3) is 0 Å². The van der Waals surface area contributed by atoms with Gasteiger partial charge >= 0.3 is 5.97 Å². The van der Waals surface area contributed by atoms with Crippen LogP contribution in [0.3, 0.4) is 0 Å². The van der Waals surface area contributed by atoms with Crippen molar-refractivity contribution < 1.29 is 19.4 Å². The second kappa shape index (κ2) is 2.79. The molecule has 0 aromatic rings. The number of hydrogen-bond acceptors (Lipinski definition) is 4. The zero-order valence-electron chi connectivity index (χ0n) is 6.66. The number of ether oxygens (including phenoxy) is 2. The van der Waals surface area contributed by atoms with Crippen LogP contribution in [-0.4, -0.2) is 29.6 Å². The lowest BCUT2D eigenvalue weighted by Gasteiger charge is -2.25. The van der Waals surface area contributed by atoms with Gasteiger partial charge in [0.2, 0.25) is 5.79 Å². The van der Waals surface area contributed by atoms with Crippen LogP contribution in [0.1, 0.15) is 20.3 Å². The second-order valence-corrected chi connectivity index (χ2v) is 2.64. The Balaban J connectivity index is 2.62. The lowest BCUT2D eigenvalue weighted by molar-refractivity contribution is -0.229. The second-order valence-electron chi connectivity index (χ2n) is 2.64. The molecule has 0 spiro atoms. The fraction of sp³-hybridized carbons (Fsp3) is 0.857. The van der Waals surface area contributed by atoms with E-state index in [1.807, 2.05) is 0 Å². The van der Waals surface area contributed by atoms with E-state index in [4.69, 9.17) is 9.47 Å². The van der Waals surface area contributed by atoms with Gasteiger partial charge in [-0.1, -0.05) is 0 Å². The minimum Gasteiger partial charge on any atom is -0.430 e. The third-order valence-corrected chi connectivity index (χ3v) is 1.71. The Kier molecular flexibility index (Phi) is 2.15. The van der Waals surface area contributed by atoms with Gasteiger partial charge in [0, 0.05) is 13.5 Å². The normalized spacial score (nSPS) is 37.4. The summed E-state index contributed by atoms with van der Waals surface area (Å²) in [5.41, 5.74) is 0. The number of rotatable bonds is 2. The summed E-state index contributed by atoms with van der Waals surface area (Å²) in [4.78, 5) is 10.7. The zero-order chi connectivity index (χ0) is 8.48. The average molecular weight is 160 g/mol. The van der Waals surface area contributed by atoms with Crippen molar-refractivity contribution in [2.75, 3.05) is 6.61 Å². The molecular weight excluding hydrogens is 148 g/mol. The van der Waals surface area contributed by atoms with Gasteiger partial charge in [-0.2, -0.15) is 0 Å². The molecule has 1 N–H and O–H groups in total. The van der Waals surface area contributed by atoms with Gasteiger partial charge in [0.05, 0.1) is 6.42 Å². The van der Waals surface area contributed by atoms with E-state index >= 15 is 0 Å². The van der Waals surface area contributed by atoms with E-state index in [1.165, 1.54) is 0 Å². The molecule has 2 unspecified atom stereocenters. The van der Waals surface area contributed by atoms with Crippen molar-refractivity contribution >= 4 is 5.97 Å². The number of carbonyl (C=O) groups excluding carboxylic acids is 1. The number of hydrogen-bond donors (Lipinski definition) is 1. The quantitative estimate of drug-likeness (QED) is 0.580. The van der Waals surface area contributed by atoms with Gasteiger partial charge < -0.3 is 14.6 Å². The number of aliphatic hydroxyl groups is 1. The lowest BCUT2D eigenvalue weighted by Crippen LogP contribution is -2.38. The highest BCUT2D eigenvalue weighted by molar-refractivity contribution is 5.72. The summed E-state index contributed by atoms with van der Waals surface area (Å²) >= 11 is 0. The van der Waals surface area contributed by atoms with Crippen LogP contribution in [-0.2, 0) is 14.3 Å². The first-order valence-electron chi connectivity index (χ1n) is 3.62. The van der Waals surface area contributed by atoms with Crippen LogP contribution in [0.5, 0.6) is 0 Å². The van der Waals surface area contributed by atoms with Crippen molar-refractivity contribution in [1.82, 2.24) is 0 Å². The van der Waals surface area contributed by atoms with E-state index in [0.29, 0.717) is 6.61 Å². The van der Waals surface area contributed by atoms with Gasteiger partial charge in [-0.05, 0) is 6.92 Å². The van der Waals surface area contributed by atoms with Crippen LogP contribution >= 0.6 is 0 Å². The predicted octanol–water partition coefficient (Wildman–Crippen LogP) is 0.0469.